The average molecular weight is 274 g/mol. The summed E-state index contributed by atoms with van der Waals surface area (Å²) < 4.78 is 0. The van der Waals surface area contributed by atoms with E-state index in [4.69, 9.17) is 5.73 Å². The van der Waals surface area contributed by atoms with Gasteiger partial charge in [0.05, 0.1) is 0 Å². The quantitative estimate of drug-likeness (QED) is 0.776. The summed E-state index contributed by atoms with van der Waals surface area (Å²) in [5.41, 5.74) is 6.11. The Morgan fingerprint density at radius 2 is 1.55 bits per heavy atom. The lowest BCUT2D eigenvalue weighted by Gasteiger charge is -2.55. The summed E-state index contributed by atoms with van der Waals surface area (Å²) in [5.74, 6) is 2.92. The van der Waals surface area contributed by atoms with Crippen LogP contribution in [0.5, 0.6) is 0 Å². The van der Waals surface area contributed by atoms with Crippen LogP contribution in [0.25, 0.3) is 0 Å². The Kier molecular flexibility index (Phi) is 2.95. The van der Waals surface area contributed by atoms with Gasteiger partial charge in [-0.15, -0.1) is 0 Å². The van der Waals surface area contributed by atoms with E-state index in [2.05, 4.69) is 11.4 Å². The first-order chi connectivity index (χ1) is 9.60. The molecule has 0 atom stereocenters. The summed E-state index contributed by atoms with van der Waals surface area (Å²) in [6.45, 7) is 0. The molecule has 0 unspecified atom stereocenters. The van der Waals surface area contributed by atoms with Gasteiger partial charge in [0.25, 0.3) is 0 Å². The Bertz CT molecular complexity index is 401. The lowest BCUT2D eigenvalue weighted by molar-refractivity contribution is -0.117. The van der Waals surface area contributed by atoms with E-state index in [0.29, 0.717) is 17.5 Å². The standard InChI is InChI=1S/C17H26N2O/c18-14-6-15(7-14)19-16(20)1-2-17-8-11-3-12(9-17)5-13(4-11)10-17/h1-2,11-15H,3-10,18H2,(H,19,20)/b2-1+. The monoisotopic (exact) mass is 274 g/mol. The molecule has 20 heavy (non-hydrogen) atoms. The van der Waals surface area contributed by atoms with Gasteiger partial charge in [0, 0.05) is 12.1 Å². The van der Waals surface area contributed by atoms with Gasteiger partial charge in [-0.2, -0.15) is 0 Å². The third kappa shape index (κ3) is 2.30. The summed E-state index contributed by atoms with van der Waals surface area (Å²) in [4.78, 5) is 12.0. The summed E-state index contributed by atoms with van der Waals surface area (Å²) in [6, 6.07) is 0.617. The van der Waals surface area contributed by atoms with Crippen LogP contribution in [-0.4, -0.2) is 18.0 Å². The molecule has 0 radical (unpaired) electrons. The maximum atomic E-state index is 12.0. The van der Waals surface area contributed by atoms with Gasteiger partial charge in [-0.3, -0.25) is 4.79 Å². The van der Waals surface area contributed by atoms with Crippen molar-refractivity contribution in [2.75, 3.05) is 0 Å². The Morgan fingerprint density at radius 1 is 1.00 bits per heavy atom. The van der Waals surface area contributed by atoms with E-state index in [1.807, 2.05) is 6.08 Å². The SMILES string of the molecule is NC1CC(NC(=O)/C=C/C23CC4CC(CC(C4)C2)C3)C1. The smallest absolute Gasteiger partial charge is 0.243 e. The van der Waals surface area contributed by atoms with Gasteiger partial charge < -0.3 is 11.1 Å². The first kappa shape index (κ1) is 12.9. The van der Waals surface area contributed by atoms with Crippen molar-refractivity contribution in [3.05, 3.63) is 12.2 Å². The number of hydrogen-bond acceptors (Lipinski definition) is 2. The molecule has 0 aromatic rings. The zero-order valence-corrected chi connectivity index (χ0v) is 12.2. The Balaban J connectivity index is 1.38. The Hall–Kier alpha value is -0.830. The van der Waals surface area contributed by atoms with E-state index in [0.717, 1.165) is 30.6 Å². The molecule has 5 fully saturated rings. The molecule has 110 valence electrons. The largest absolute Gasteiger partial charge is 0.350 e. The summed E-state index contributed by atoms with van der Waals surface area (Å²) in [6.07, 6.45) is 14.3. The highest BCUT2D eigenvalue weighted by molar-refractivity contribution is 5.87. The minimum absolute atomic E-state index is 0.0950. The lowest BCUT2D eigenvalue weighted by Crippen LogP contribution is -2.50. The van der Waals surface area contributed by atoms with E-state index >= 15 is 0 Å². The second-order valence-corrected chi connectivity index (χ2v) is 8.05. The predicted octanol–water partition coefficient (Wildman–Crippen LogP) is 2.36. The van der Waals surface area contributed by atoms with E-state index in [-0.39, 0.29) is 5.91 Å². The fourth-order valence-electron chi connectivity index (χ4n) is 5.66. The van der Waals surface area contributed by atoms with Crippen molar-refractivity contribution in [3.8, 4) is 0 Å². The highest BCUT2D eigenvalue weighted by atomic mass is 16.1. The van der Waals surface area contributed by atoms with Crippen LogP contribution in [0.3, 0.4) is 0 Å². The molecule has 5 rings (SSSR count). The fraction of sp³-hybridized carbons (Fsp3) is 0.824. The van der Waals surface area contributed by atoms with Crippen LogP contribution in [-0.2, 0) is 4.79 Å². The van der Waals surface area contributed by atoms with Crippen molar-refractivity contribution in [2.45, 2.75) is 63.5 Å². The molecule has 1 amide bonds. The van der Waals surface area contributed by atoms with Gasteiger partial charge in [-0.1, -0.05) is 6.08 Å². The fourth-order valence-corrected chi connectivity index (χ4v) is 5.66. The number of hydrogen-bond donors (Lipinski definition) is 2. The first-order valence-electron chi connectivity index (χ1n) is 8.35. The molecule has 0 spiro atoms. The van der Waals surface area contributed by atoms with Crippen molar-refractivity contribution in [3.63, 3.8) is 0 Å². The van der Waals surface area contributed by atoms with Crippen molar-refractivity contribution < 1.29 is 4.79 Å². The van der Waals surface area contributed by atoms with Crippen LogP contribution >= 0.6 is 0 Å². The Labute approximate surface area is 121 Å². The van der Waals surface area contributed by atoms with E-state index in [1.54, 1.807) is 0 Å². The topological polar surface area (TPSA) is 55.1 Å². The number of amides is 1. The van der Waals surface area contributed by atoms with Gasteiger partial charge in [0.2, 0.25) is 5.91 Å². The maximum absolute atomic E-state index is 12.0. The number of carbonyl (C=O) groups excluding carboxylic acids is 1. The molecule has 0 heterocycles. The lowest BCUT2D eigenvalue weighted by atomic mass is 9.49. The molecule has 3 N–H and O–H groups in total. The van der Waals surface area contributed by atoms with Gasteiger partial charge >= 0.3 is 0 Å². The number of nitrogens with two attached hydrogens (primary N) is 1. The minimum Gasteiger partial charge on any atom is -0.350 e. The van der Waals surface area contributed by atoms with Crippen LogP contribution in [0, 0.1) is 23.2 Å². The third-order valence-electron chi connectivity index (χ3n) is 6.19. The second-order valence-electron chi connectivity index (χ2n) is 8.05. The molecule has 5 aliphatic rings. The molecule has 3 heteroatoms. The molecular formula is C17H26N2O. The minimum atomic E-state index is 0.0950. The first-order valence-corrected chi connectivity index (χ1v) is 8.35. The van der Waals surface area contributed by atoms with Crippen molar-refractivity contribution in [1.29, 1.82) is 0 Å². The number of carbonyl (C=O) groups is 1. The van der Waals surface area contributed by atoms with Crippen molar-refractivity contribution in [1.82, 2.24) is 5.32 Å². The number of allylic oxidation sites excluding steroid dienone is 1. The molecule has 0 aromatic carbocycles. The molecular weight excluding hydrogens is 248 g/mol. The van der Waals surface area contributed by atoms with Crippen LogP contribution in [0.15, 0.2) is 12.2 Å². The van der Waals surface area contributed by atoms with Crippen LogP contribution in [0.4, 0.5) is 0 Å². The Morgan fingerprint density at radius 3 is 2.05 bits per heavy atom. The van der Waals surface area contributed by atoms with Gasteiger partial charge in [0.1, 0.15) is 0 Å². The zero-order valence-electron chi connectivity index (χ0n) is 12.2. The molecule has 5 saturated carbocycles. The molecule has 0 aliphatic heterocycles. The maximum Gasteiger partial charge on any atom is 0.243 e. The predicted molar refractivity (Wildman–Crippen MR) is 78.9 cm³/mol. The number of nitrogens with one attached hydrogen (secondary N) is 1. The van der Waals surface area contributed by atoms with E-state index < -0.39 is 0 Å². The number of rotatable bonds is 3. The normalized spacial score (nSPS) is 49.4. The van der Waals surface area contributed by atoms with E-state index in [1.165, 1.54) is 38.5 Å². The van der Waals surface area contributed by atoms with Crippen molar-refractivity contribution >= 4 is 5.91 Å². The third-order valence-corrected chi connectivity index (χ3v) is 6.19. The second kappa shape index (κ2) is 4.59. The van der Waals surface area contributed by atoms with E-state index in [9.17, 15) is 4.79 Å². The van der Waals surface area contributed by atoms with Gasteiger partial charge in [0.15, 0.2) is 0 Å². The molecule has 5 aliphatic carbocycles. The van der Waals surface area contributed by atoms with Gasteiger partial charge in [-0.25, -0.2) is 0 Å². The average Bonchev–Trinajstić information content (AvgIpc) is 2.33. The summed E-state index contributed by atoms with van der Waals surface area (Å²) >= 11 is 0. The van der Waals surface area contributed by atoms with Crippen LogP contribution < -0.4 is 11.1 Å². The highest BCUT2D eigenvalue weighted by Crippen LogP contribution is 2.60. The van der Waals surface area contributed by atoms with Gasteiger partial charge in [-0.05, 0) is 80.6 Å². The molecule has 0 saturated heterocycles. The summed E-state index contributed by atoms with van der Waals surface area (Å²) in [7, 11) is 0. The molecule has 4 bridgehead atoms. The zero-order chi connectivity index (χ0) is 13.7. The van der Waals surface area contributed by atoms with Crippen LogP contribution in [0.2, 0.25) is 0 Å². The molecule has 0 aromatic heterocycles. The van der Waals surface area contributed by atoms with Crippen molar-refractivity contribution in [2.24, 2.45) is 28.9 Å². The highest BCUT2D eigenvalue weighted by Gasteiger charge is 2.49. The van der Waals surface area contributed by atoms with Crippen LogP contribution in [0.1, 0.15) is 51.4 Å². The summed E-state index contributed by atoms with van der Waals surface area (Å²) in [5, 5.41) is 3.07. The molecule has 3 nitrogen and oxygen atoms in total.